The highest BCUT2D eigenvalue weighted by Gasteiger charge is 2.28. The van der Waals surface area contributed by atoms with Gasteiger partial charge in [-0.25, -0.2) is 0 Å². The van der Waals surface area contributed by atoms with E-state index in [0.29, 0.717) is 18.7 Å². The molecule has 2 aliphatic carbocycles. The van der Waals surface area contributed by atoms with Crippen LogP contribution in [0.25, 0.3) is 0 Å². The Bertz CT molecular complexity index is 405. The second-order valence-electron chi connectivity index (χ2n) is 5.77. The Kier molecular flexibility index (Phi) is 3.04. The first-order chi connectivity index (χ1) is 8.63. The zero-order valence-corrected chi connectivity index (χ0v) is 10.9. The molecule has 2 aliphatic rings. The van der Waals surface area contributed by atoms with Gasteiger partial charge < -0.3 is 15.2 Å². The number of aliphatic hydroxyl groups is 1. The lowest BCUT2D eigenvalue weighted by Gasteiger charge is -2.24. The fourth-order valence-electron chi connectivity index (χ4n) is 2.00. The highest BCUT2D eigenvalue weighted by molar-refractivity contribution is 5.31. The van der Waals surface area contributed by atoms with E-state index in [9.17, 15) is 5.11 Å². The maximum absolute atomic E-state index is 10.4. The SMILES string of the molecule is CC(O)(CNC1CC1)c1ccc(OC2CC2)cc1. The lowest BCUT2D eigenvalue weighted by atomic mass is 9.96. The molecule has 3 nitrogen and oxygen atoms in total. The van der Waals surface area contributed by atoms with Gasteiger partial charge in [0.2, 0.25) is 0 Å². The van der Waals surface area contributed by atoms with Crippen molar-refractivity contribution in [3.05, 3.63) is 29.8 Å². The number of hydrogen-bond acceptors (Lipinski definition) is 3. The molecule has 0 saturated heterocycles. The van der Waals surface area contributed by atoms with Gasteiger partial charge in [0.15, 0.2) is 0 Å². The van der Waals surface area contributed by atoms with Gasteiger partial charge in [-0.1, -0.05) is 12.1 Å². The minimum absolute atomic E-state index is 0.424. The van der Waals surface area contributed by atoms with E-state index < -0.39 is 5.60 Å². The molecule has 0 aliphatic heterocycles. The quantitative estimate of drug-likeness (QED) is 0.809. The maximum atomic E-state index is 10.4. The van der Waals surface area contributed by atoms with Gasteiger partial charge in [-0.05, 0) is 50.3 Å². The summed E-state index contributed by atoms with van der Waals surface area (Å²) in [5, 5.41) is 13.8. The van der Waals surface area contributed by atoms with Crippen molar-refractivity contribution >= 4 is 0 Å². The van der Waals surface area contributed by atoms with Gasteiger partial charge in [-0.15, -0.1) is 0 Å². The summed E-state index contributed by atoms with van der Waals surface area (Å²) >= 11 is 0. The molecule has 1 atom stereocenters. The van der Waals surface area contributed by atoms with E-state index in [1.54, 1.807) is 0 Å². The van der Waals surface area contributed by atoms with E-state index in [1.807, 2.05) is 31.2 Å². The highest BCUT2D eigenvalue weighted by Crippen LogP contribution is 2.29. The molecule has 3 rings (SSSR count). The van der Waals surface area contributed by atoms with Crippen LogP contribution in [0.15, 0.2) is 24.3 Å². The standard InChI is InChI=1S/C15H21NO2/c1-15(17,10-16-12-4-5-12)11-2-6-13(7-3-11)18-14-8-9-14/h2-3,6-7,12,14,16-17H,4-5,8-10H2,1H3. The van der Waals surface area contributed by atoms with Crippen LogP contribution in [0.4, 0.5) is 0 Å². The molecule has 0 radical (unpaired) electrons. The zero-order chi connectivity index (χ0) is 12.6. The van der Waals surface area contributed by atoms with Gasteiger partial charge in [0.05, 0.1) is 11.7 Å². The molecule has 2 saturated carbocycles. The van der Waals surface area contributed by atoms with E-state index >= 15 is 0 Å². The van der Waals surface area contributed by atoms with Crippen LogP contribution in [0, 0.1) is 0 Å². The molecular formula is C15H21NO2. The minimum Gasteiger partial charge on any atom is -0.490 e. The summed E-state index contributed by atoms with van der Waals surface area (Å²) in [6, 6.07) is 8.46. The van der Waals surface area contributed by atoms with Crippen molar-refractivity contribution < 1.29 is 9.84 Å². The summed E-state index contributed by atoms with van der Waals surface area (Å²) in [5.41, 5.74) is 0.138. The summed E-state index contributed by atoms with van der Waals surface area (Å²) in [5.74, 6) is 0.909. The minimum atomic E-state index is -0.805. The molecule has 0 spiro atoms. The van der Waals surface area contributed by atoms with Crippen LogP contribution in [0.5, 0.6) is 5.75 Å². The van der Waals surface area contributed by atoms with Gasteiger partial charge in [-0.2, -0.15) is 0 Å². The molecule has 3 heteroatoms. The Morgan fingerprint density at radius 3 is 2.44 bits per heavy atom. The van der Waals surface area contributed by atoms with Gasteiger partial charge in [0.25, 0.3) is 0 Å². The molecule has 1 aromatic rings. The van der Waals surface area contributed by atoms with E-state index in [1.165, 1.54) is 25.7 Å². The predicted octanol–water partition coefficient (Wildman–Crippen LogP) is 2.19. The number of ether oxygens (including phenoxy) is 1. The average molecular weight is 247 g/mol. The van der Waals surface area contributed by atoms with Gasteiger partial charge in [-0.3, -0.25) is 0 Å². The average Bonchev–Trinajstić information content (AvgIpc) is 3.22. The van der Waals surface area contributed by atoms with Crippen LogP contribution in [-0.2, 0) is 5.60 Å². The van der Waals surface area contributed by atoms with Crippen molar-refractivity contribution in [1.82, 2.24) is 5.32 Å². The van der Waals surface area contributed by atoms with Crippen LogP contribution in [-0.4, -0.2) is 23.8 Å². The molecule has 1 aromatic carbocycles. The molecule has 0 aromatic heterocycles. The third-order valence-corrected chi connectivity index (χ3v) is 3.62. The molecule has 98 valence electrons. The third-order valence-electron chi connectivity index (χ3n) is 3.62. The first kappa shape index (κ1) is 12.0. The normalized spacial score (nSPS) is 22.6. The van der Waals surface area contributed by atoms with Crippen molar-refractivity contribution in [1.29, 1.82) is 0 Å². The van der Waals surface area contributed by atoms with Crippen LogP contribution in [0.1, 0.15) is 38.2 Å². The molecule has 18 heavy (non-hydrogen) atoms. The van der Waals surface area contributed by atoms with Crippen LogP contribution in [0.3, 0.4) is 0 Å². The summed E-state index contributed by atoms with van der Waals surface area (Å²) in [6.07, 6.45) is 5.25. The summed E-state index contributed by atoms with van der Waals surface area (Å²) in [6.45, 7) is 2.47. The predicted molar refractivity (Wildman–Crippen MR) is 70.7 cm³/mol. The van der Waals surface area contributed by atoms with Gasteiger partial charge in [0, 0.05) is 12.6 Å². The summed E-state index contributed by atoms with van der Waals surface area (Å²) < 4.78 is 5.70. The van der Waals surface area contributed by atoms with Crippen LogP contribution >= 0.6 is 0 Å². The molecular weight excluding hydrogens is 226 g/mol. The second-order valence-corrected chi connectivity index (χ2v) is 5.77. The number of hydrogen-bond donors (Lipinski definition) is 2. The molecule has 1 unspecified atom stereocenters. The maximum Gasteiger partial charge on any atom is 0.119 e. The van der Waals surface area contributed by atoms with Crippen molar-refractivity contribution in [2.75, 3.05) is 6.54 Å². The lowest BCUT2D eigenvalue weighted by Crippen LogP contribution is -2.36. The molecule has 2 fully saturated rings. The first-order valence-electron chi connectivity index (χ1n) is 6.86. The van der Waals surface area contributed by atoms with Crippen LogP contribution < -0.4 is 10.1 Å². The van der Waals surface area contributed by atoms with Gasteiger partial charge in [0.1, 0.15) is 5.75 Å². The van der Waals surface area contributed by atoms with E-state index in [-0.39, 0.29) is 0 Å². The topological polar surface area (TPSA) is 41.5 Å². The molecule has 0 amide bonds. The third kappa shape index (κ3) is 3.03. The smallest absolute Gasteiger partial charge is 0.119 e. The Hall–Kier alpha value is -1.06. The monoisotopic (exact) mass is 247 g/mol. The summed E-state index contributed by atoms with van der Waals surface area (Å²) in [7, 11) is 0. The Morgan fingerprint density at radius 2 is 1.89 bits per heavy atom. The molecule has 0 bridgehead atoms. The number of nitrogens with one attached hydrogen (secondary N) is 1. The second kappa shape index (κ2) is 4.56. The van der Waals surface area contributed by atoms with E-state index in [2.05, 4.69) is 5.32 Å². The number of benzene rings is 1. The first-order valence-corrected chi connectivity index (χ1v) is 6.86. The zero-order valence-electron chi connectivity index (χ0n) is 10.9. The Morgan fingerprint density at radius 1 is 1.22 bits per heavy atom. The van der Waals surface area contributed by atoms with Crippen molar-refractivity contribution in [2.45, 2.75) is 50.4 Å². The Balaban J connectivity index is 1.61. The summed E-state index contributed by atoms with van der Waals surface area (Å²) in [4.78, 5) is 0. The molecule has 0 heterocycles. The van der Waals surface area contributed by atoms with E-state index in [0.717, 1.165) is 11.3 Å². The van der Waals surface area contributed by atoms with Crippen LogP contribution in [0.2, 0.25) is 0 Å². The lowest BCUT2D eigenvalue weighted by molar-refractivity contribution is 0.0565. The largest absolute Gasteiger partial charge is 0.490 e. The van der Waals surface area contributed by atoms with Crippen molar-refractivity contribution in [3.63, 3.8) is 0 Å². The number of rotatable bonds is 6. The van der Waals surface area contributed by atoms with Gasteiger partial charge >= 0.3 is 0 Å². The Labute approximate surface area is 108 Å². The fraction of sp³-hybridized carbons (Fsp3) is 0.600. The molecule has 2 N–H and O–H groups in total. The fourth-order valence-corrected chi connectivity index (χ4v) is 2.00. The van der Waals surface area contributed by atoms with Crippen molar-refractivity contribution in [3.8, 4) is 5.75 Å². The van der Waals surface area contributed by atoms with E-state index in [4.69, 9.17) is 4.74 Å². The highest BCUT2D eigenvalue weighted by atomic mass is 16.5. The van der Waals surface area contributed by atoms with Crippen molar-refractivity contribution in [2.24, 2.45) is 0 Å².